The summed E-state index contributed by atoms with van der Waals surface area (Å²) in [6.07, 6.45) is 5.19. The van der Waals surface area contributed by atoms with Crippen molar-refractivity contribution in [2.24, 2.45) is 0 Å². The number of rotatable bonds is 5. The Bertz CT molecular complexity index is 834. The molecule has 4 rings (SSSR count). The Labute approximate surface area is 157 Å². The number of aromatic nitrogens is 4. The molecule has 2 N–H and O–H groups in total. The molecular formula is C18H26N6O3. The standard InChI is InChI=1S/C18H26N6O3/c1-12-20-18(27-22-12)19-11-13-5-2-3-10-23(13)16-8-9-17(26)24(21-16)14-6-4-7-15(14)25/h8-9,13-15,25H,2-7,10-11H2,1H3,(H,19,20,22). The molecule has 3 heterocycles. The SMILES string of the molecule is Cc1noc(NCC2CCCCN2c2ccc(=O)n(C3CCCC3O)n2)n1. The van der Waals surface area contributed by atoms with Crippen molar-refractivity contribution in [3.8, 4) is 0 Å². The maximum Gasteiger partial charge on any atom is 0.321 e. The molecule has 3 unspecified atom stereocenters. The van der Waals surface area contributed by atoms with Crippen LogP contribution >= 0.6 is 0 Å². The van der Waals surface area contributed by atoms with E-state index in [1.807, 2.05) is 0 Å². The van der Waals surface area contributed by atoms with E-state index in [0.717, 1.165) is 50.9 Å². The summed E-state index contributed by atoms with van der Waals surface area (Å²) in [5.41, 5.74) is -0.155. The number of hydrogen-bond donors (Lipinski definition) is 2. The van der Waals surface area contributed by atoms with Crippen LogP contribution in [-0.4, -0.2) is 50.3 Å². The van der Waals surface area contributed by atoms with Gasteiger partial charge in [0.25, 0.3) is 5.56 Å². The first-order valence-corrected chi connectivity index (χ1v) is 9.70. The number of aryl methyl sites for hydroxylation is 1. The van der Waals surface area contributed by atoms with Crippen molar-refractivity contribution >= 4 is 11.8 Å². The summed E-state index contributed by atoms with van der Waals surface area (Å²) in [5, 5.41) is 21.8. The first-order valence-electron chi connectivity index (χ1n) is 9.70. The number of nitrogens with zero attached hydrogens (tertiary/aromatic N) is 5. The van der Waals surface area contributed by atoms with Crippen LogP contribution in [0.3, 0.4) is 0 Å². The fraction of sp³-hybridized carbons (Fsp3) is 0.667. The van der Waals surface area contributed by atoms with Gasteiger partial charge in [-0.25, -0.2) is 4.68 Å². The highest BCUT2D eigenvalue weighted by Gasteiger charge is 2.30. The second-order valence-electron chi connectivity index (χ2n) is 7.41. The Hall–Kier alpha value is -2.42. The number of anilines is 2. The third-order valence-corrected chi connectivity index (χ3v) is 5.51. The summed E-state index contributed by atoms with van der Waals surface area (Å²) in [5.74, 6) is 1.38. The lowest BCUT2D eigenvalue weighted by Crippen LogP contribution is -2.45. The van der Waals surface area contributed by atoms with Crippen LogP contribution in [0.15, 0.2) is 21.5 Å². The Balaban J connectivity index is 1.53. The van der Waals surface area contributed by atoms with Crippen molar-refractivity contribution in [2.45, 2.75) is 63.6 Å². The summed E-state index contributed by atoms with van der Waals surface area (Å²) in [7, 11) is 0. The highest BCUT2D eigenvalue weighted by atomic mass is 16.5. The fourth-order valence-corrected chi connectivity index (χ4v) is 4.10. The maximum atomic E-state index is 12.3. The van der Waals surface area contributed by atoms with Gasteiger partial charge in [0.15, 0.2) is 5.82 Å². The van der Waals surface area contributed by atoms with Crippen molar-refractivity contribution in [1.29, 1.82) is 0 Å². The van der Waals surface area contributed by atoms with E-state index in [0.29, 0.717) is 18.4 Å². The van der Waals surface area contributed by atoms with E-state index in [-0.39, 0.29) is 17.6 Å². The predicted octanol–water partition coefficient (Wildman–Crippen LogP) is 1.49. The van der Waals surface area contributed by atoms with Gasteiger partial charge >= 0.3 is 6.01 Å². The van der Waals surface area contributed by atoms with Gasteiger partial charge in [0.2, 0.25) is 0 Å². The summed E-state index contributed by atoms with van der Waals surface area (Å²) in [6, 6.07) is 3.77. The van der Waals surface area contributed by atoms with Crippen LogP contribution in [0.1, 0.15) is 50.4 Å². The molecule has 146 valence electrons. The molecule has 9 nitrogen and oxygen atoms in total. The van der Waals surface area contributed by atoms with E-state index in [1.165, 1.54) is 4.68 Å². The predicted molar refractivity (Wildman–Crippen MR) is 99.9 cm³/mol. The molecule has 0 aromatic carbocycles. The second-order valence-corrected chi connectivity index (χ2v) is 7.41. The Morgan fingerprint density at radius 1 is 1.26 bits per heavy atom. The minimum absolute atomic E-state index is 0.155. The second kappa shape index (κ2) is 7.67. The van der Waals surface area contributed by atoms with Crippen molar-refractivity contribution in [2.75, 3.05) is 23.3 Å². The largest absolute Gasteiger partial charge is 0.391 e. The van der Waals surface area contributed by atoms with Gasteiger partial charge in [-0.3, -0.25) is 4.79 Å². The number of piperidine rings is 1. The van der Waals surface area contributed by atoms with Gasteiger partial charge in [0, 0.05) is 25.2 Å². The van der Waals surface area contributed by atoms with Crippen molar-refractivity contribution < 1.29 is 9.63 Å². The van der Waals surface area contributed by atoms with Crippen LogP contribution in [0, 0.1) is 6.92 Å². The highest BCUT2D eigenvalue weighted by molar-refractivity contribution is 5.39. The minimum Gasteiger partial charge on any atom is -0.391 e. The third kappa shape index (κ3) is 3.83. The van der Waals surface area contributed by atoms with Crippen LogP contribution in [0.25, 0.3) is 0 Å². The van der Waals surface area contributed by atoms with E-state index in [2.05, 4.69) is 25.5 Å². The smallest absolute Gasteiger partial charge is 0.321 e. The molecule has 2 fully saturated rings. The summed E-state index contributed by atoms with van der Waals surface area (Å²) >= 11 is 0. The van der Waals surface area contributed by atoms with Crippen molar-refractivity contribution in [3.63, 3.8) is 0 Å². The lowest BCUT2D eigenvalue weighted by atomic mass is 10.0. The summed E-state index contributed by atoms with van der Waals surface area (Å²) in [4.78, 5) is 18.7. The van der Waals surface area contributed by atoms with E-state index < -0.39 is 6.10 Å². The third-order valence-electron chi connectivity index (χ3n) is 5.51. The van der Waals surface area contributed by atoms with Gasteiger partial charge in [0.05, 0.1) is 12.1 Å². The van der Waals surface area contributed by atoms with Gasteiger partial charge in [-0.05, 0) is 51.5 Å². The molecule has 1 saturated heterocycles. The van der Waals surface area contributed by atoms with E-state index in [1.54, 1.807) is 19.1 Å². The van der Waals surface area contributed by atoms with Gasteiger partial charge in [-0.1, -0.05) is 5.16 Å². The molecule has 0 amide bonds. The van der Waals surface area contributed by atoms with Crippen LogP contribution in [0.4, 0.5) is 11.8 Å². The maximum absolute atomic E-state index is 12.3. The van der Waals surface area contributed by atoms with Gasteiger partial charge in [-0.2, -0.15) is 10.1 Å². The molecule has 0 radical (unpaired) electrons. The molecular weight excluding hydrogens is 348 g/mol. The Kier molecular flexibility index (Phi) is 5.11. The van der Waals surface area contributed by atoms with Gasteiger partial charge in [0.1, 0.15) is 5.82 Å². The van der Waals surface area contributed by atoms with Crippen LogP contribution < -0.4 is 15.8 Å². The first-order chi connectivity index (χ1) is 13.1. The van der Waals surface area contributed by atoms with Crippen molar-refractivity contribution in [3.05, 3.63) is 28.3 Å². The first kappa shape index (κ1) is 18.0. The van der Waals surface area contributed by atoms with Gasteiger partial charge < -0.3 is 19.8 Å². The highest BCUT2D eigenvalue weighted by Crippen LogP contribution is 2.29. The number of aliphatic hydroxyl groups is 1. The van der Waals surface area contributed by atoms with E-state index in [9.17, 15) is 9.90 Å². The molecule has 1 aliphatic heterocycles. The molecule has 1 aliphatic carbocycles. The van der Waals surface area contributed by atoms with E-state index >= 15 is 0 Å². The molecule has 1 saturated carbocycles. The quantitative estimate of drug-likeness (QED) is 0.810. The minimum atomic E-state index is -0.495. The Morgan fingerprint density at radius 3 is 2.89 bits per heavy atom. The molecule has 2 aromatic rings. The lowest BCUT2D eigenvalue weighted by molar-refractivity contribution is 0.127. The number of hydrogen-bond acceptors (Lipinski definition) is 8. The molecule has 0 bridgehead atoms. The topological polar surface area (TPSA) is 109 Å². The van der Waals surface area contributed by atoms with Crippen molar-refractivity contribution in [1.82, 2.24) is 19.9 Å². The fourth-order valence-electron chi connectivity index (χ4n) is 4.10. The molecule has 9 heteroatoms. The summed E-state index contributed by atoms with van der Waals surface area (Å²) in [6.45, 7) is 3.33. The number of nitrogens with one attached hydrogen (secondary N) is 1. The molecule has 2 aromatic heterocycles. The molecule has 3 atom stereocenters. The van der Waals surface area contributed by atoms with E-state index in [4.69, 9.17) is 4.52 Å². The lowest BCUT2D eigenvalue weighted by Gasteiger charge is -2.36. The molecule has 27 heavy (non-hydrogen) atoms. The normalized spacial score (nSPS) is 25.7. The zero-order valence-corrected chi connectivity index (χ0v) is 15.5. The van der Waals surface area contributed by atoms with Gasteiger partial charge in [-0.15, -0.1) is 0 Å². The number of aliphatic hydroxyl groups excluding tert-OH is 1. The molecule has 0 spiro atoms. The average Bonchev–Trinajstić information content (AvgIpc) is 3.29. The average molecular weight is 374 g/mol. The zero-order chi connectivity index (χ0) is 18.8. The summed E-state index contributed by atoms with van der Waals surface area (Å²) < 4.78 is 6.61. The molecule has 2 aliphatic rings. The Morgan fingerprint density at radius 2 is 2.15 bits per heavy atom. The van der Waals surface area contributed by atoms with Crippen LogP contribution in [0.5, 0.6) is 0 Å². The van der Waals surface area contributed by atoms with Crippen LogP contribution in [0.2, 0.25) is 0 Å². The zero-order valence-electron chi connectivity index (χ0n) is 15.5. The monoisotopic (exact) mass is 374 g/mol. The van der Waals surface area contributed by atoms with Crippen LogP contribution in [-0.2, 0) is 0 Å².